The largest absolute Gasteiger partial charge is 0.331 e. The minimum absolute atomic E-state index is 0.127. The van der Waals surface area contributed by atoms with Crippen molar-refractivity contribution in [2.24, 2.45) is 0 Å². The van der Waals surface area contributed by atoms with Crippen molar-refractivity contribution in [2.45, 2.75) is 10.9 Å². The molecular formula is C16H9Cl3F2N2O2S. The second-order valence-corrected chi connectivity index (χ2v) is 8.70. The van der Waals surface area contributed by atoms with E-state index in [-0.39, 0.29) is 20.9 Å². The van der Waals surface area contributed by atoms with Crippen LogP contribution in [0.25, 0.3) is 0 Å². The van der Waals surface area contributed by atoms with Crippen LogP contribution in [0.3, 0.4) is 0 Å². The Balaban J connectivity index is 2.19. The number of imidazole rings is 1. The summed E-state index contributed by atoms with van der Waals surface area (Å²) in [6.45, 7) is 0. The summed E-state index contributed by atoms with van der Waals surface area (Å²) in [5.74, 6) is -1.75. The van der Waals surface area contributed by atoms with E-state index in [4.69, 9.17) is 33.9 Å². The van der Waals surface area contributed by atoms with Gasteiger partial charge in [0.05, 0.1) is 22.2 Å². The van der Waals surface area contributed by atoms with Crippen LogP contribution >= 0.6 is 33.9 Å². The Bertz CT molecular complexity index is 1040. The Labute approximate surface area is 162 Å². The number of benzene rings is 2. The molecule has 0 amide bonds. The monoisotopic (exact) mass is 436 g/mol. The number of nitrogens with zero attached hydrogens (tertiary/aromatic N) is 1. The van der Waals surface area contributed by atoms with Gasteiger partial charge in [-0.2, -0.15) is 0 Å². The van der Waals surface area contributed by atoms with Gasteiger partial charge >= 0.3 is 0 Å². The Morgan fingerprint density at radius 3 is 1.85 bits per heavy atom. The molecule has 0 aliphatic heterocycles. The number of nitrogens with one attached hydrogen (secondary N) is 1. The first-order chi connectivity index (χ1) is 12.2. The number of aromatic nitrogens is 2. The van der Waals surface area contributed by atoms with E-state index in [0.29, 0.717) is 11.1 Å². The molecule has 0 saturated carbocycles. The average Bonchev–Trinajstić information content (AvgIpc) is 3.04. The fraction of sp³-hybridized carbons (Fsp3) is 0.0625. The van der Waals surface area contributed by atoms with Gasteiger partial charge in [0.15, 0.2) is 5.03 Å². The zero-order valence-electron chi connectivity index (χ0n) is 12.7. The quantitative estimate of drug-likeness (QED) is 0.577. The Morgan fingerprint density at radius 2 is 1.46 bits per heavy atom. The summed E-state index contributed by atoms with van der Waals surface area (Å²) < 4.78 is 50.0. The summed E-state index contributed by atoms with van der Waals surface area (Å²) in [7, 11) is 1.29. The molecule has 0 fully saturated rings. The van der Waals surface area contributed by atoms with E-state index >= 15 is 0 Å². The fourth-order valence-electron chi connectivity index (χ4n) is 2.48. The zero-order valence-corrected chi connectivity index (χ0v) is 15.8. The zero-order chi connectivity index (χ0) is 19.1. The summed E-state index contributed by atoms with van der Waals surface area (Å²) in [5.41, 5.74) is 0.985. The SMILES string of the molecule is O=S(=O)(Cl)c1cnc(C(c2ccc(F)c(Cl)c2)c2ccc(F)c(Cl)c2)[nH]1. The van der Waals surface area contributed by atoms with Crippen LogP contribution < -0.4 is 0 Å². The average molecular weight is 438 g/mol. The van der Waals surface area contributed by atoms with Crippen molar-refractivity contribution >= 4 is 42.9 Å². The fourth-order valence-corrected chi connectivity index (χ4v) is 3.50. The van der Waals surface area contributed by atoms with E-state index < -0.39 is 26.6 Å². The molecule has 4 nitrogen and oxygen atoms in total. The van der Waals surface area contributed by atoms with Gasteiger partial charge in [-0.3, -0.25) is 0 Å². The van der Waals surface area contributed by atoms with Crippen LogP contribution in [0.5, 0.6) is 0 Å². The molecule has 0 spiro atoms. The van der Waals surface area contributed by atoms with Gasteiger partial charge in [0.1, 0.15) is 17.5 Å². The highest BCUT2D eigenvalue weighted by Gasteiger charge is 2.24. The molecule has 26 heavy (non-hydrogen) atoms. The van der Waals surface area contributed by atoms with Crippen LogP contribution in [-0.2, 0) is 9.05 Å². The normalized spacial score (nSPS) is 11.9. The smallest absolute Gasteiger partial charge is 0.278 e. The van der Waals surface area contributed by atoms with Gasteiger partial charge in [-0.05, 0) is 35.4 Å². The van der Waals surface area contributed by atoms with Crippen LogP contribution in [0.15, 0.2) is 47.6 Å². The summed E-state index contributed by atoms with van der Waals surface area (Å²) in [6, 6.07) is 7.99. The van der Waals surface area contributed by atoms with Crippen molar-refractivity contribution < 1.29 is 17.2 Å². The van der Waals surface area contributed by atoms with Crippen LogP contribution in [-0.4, -0.2) is 18.4 Å². The maximum Gasteiger partial charge on any atom is 0.278 e. The number of hydrogen-bond donors (Lipinski definition) is 1. The van der Waals surface area contributed by atoms with Gasteiger partial charge in [0.2, 0.25) is 0 Å². The van der Waals surface area contributed by atoms with Gasteiger partial charge < -0.3 is 4.98 Å². The molecule has 0 radical (unpaired) electrons. The third-order valence-electron chi connectivity index (χ3n) is 3.66. The van der Waals surface area contributed by atoms with Crippen LogP contribution in [0.2, 0.25) is 10.0 Å². The van der Waals surface area contributed by atoms with Gasteiger partial charge in [-0.15, -0.1) is 0 Å². The topological polar surface area (TPSA) is 62.8 Å². The third kappa shape index (κ3) is 3.86. The van der Waals surface area contributed by atoms with Gasteiger partial charge in [-0.1, -0.05) is 35.3 Å². The molecular weight excluding hydrogens is 429 g/mol. The Hall–Kier alpha value is -1.67. The van der Waals surface area contributed by atoms with E-state index in [0.717, 1.165) is 18.3 Å². The Morgan fingerprint density at radius 1 is 0.962 bits per heavy atom. The molecule has 136 valence electrons. The number of H-pyrrole nitrogens is 1. The van der Waals surface area contributed by atoms with E-state index in [1.54, 1.807) is 0 Å². The van der Waals surface area contributed by atoms with Crippen LogP contribution in [0, 0.1) is 11.6 Å². The minimum Gasteiger partial charge on any atom is -0.331 e. The van der Waals surface area contributed by atoms with Crippen molar-refractivity contribution in [3.05, 3.63) is 81.2 Å². The lowest BCUT2D eigenvalue weighted by atomic mass is 9.90. The molecule has 0 aliphatic carbocycles. The molecule has 10 heteroatoms. The van der Waals surface area contributed by atoms with Crippen LogP contribution in [0.4, 0.5) is 8.78 Å². The highest BCUT2D eigenvalue weighted by Crippen LogP contribution is 2.34. The van der Waals surface area contributed by atoms with Gasteiger partial charge in [-0.25, -0.2) is 22.2 Å². The first-order valence-corrected chi connectivity index (χ1v) is 10.1. The van der Waals surface area contributed by atoms with Crippen molar-refractivity contribution in [1.29, 1.82) is 0 Å². The predicted octanol–water partition coefficient (Wildman–Crippen LogP) is 5.10. The molecule has 0 aliphatic rings. The Kier molecular flexibility index (Phi) is 5.25. The highest BCUT2D eigenvalue weighted by molar-refractivity contribution is 8.13. The van der Waals surface area contributed by atoms with Crippen LogP contribution in [0.1, 0.15) is 22.9 Å². The number of rotatable bonds is 4. The molecule has 0 unspecified atom stereocenters. The molecule has 1 N–H and O–H groups in total. The van der Waals surface area contributed by atoms with Crippen molar-refractivity contribution in [1.82, 2.24) is 9.97 Å². The molecule has 0 saturated heterocycles. The number of halogens is 5. The van der Waals surface area contributed by atoms with E-state index in [1.165, 1.54) is 24.3 Å². The summed E-state index contributed by atoms with van der Waals surface area (Å²) >= 11 is 11.7. The van der Waals surface area contributed by atoms with Crippen molar-refractivity contribution in [2.75, 3.05) is 0 Å². The summed E-state index contributed by atoms with van der Waals surface area (Å²) in [5, 5.41) is -0.560. The molecule has 0 atom stereocenters. The maximum atomic E-state index is 13.5. The first kappa shape index (κ1) is 19.1. The molecule has 3 aromatic rings. The second kappa shape index (κ2) is 7.15. The number of hydrogen-bond acceptors (Lipinski definition) is 3. The highest BCUT2D eigenvalue weighted by atomic mass is 35.7. The summed E-state index contributed by atoms with van der Waals surface area (Å²) in [4.78, 5) is 6.66. The molecule has 1 aromatic heterocycles. The molecule has 3 rings (SSSR count). The molecule has 0 bridgehead atoms. The first-order valence-electron chi connectivity index (χ1n) is 7.06. The van der Waals surface area contributed by atoms with Crippen molar-refractivity contribution in [3.63, 3.8) is 0 Å². The summed E-state index contributed by atoms with van der Waals surface area (Å²) in [6.07, 6.45) is 1.06. The third-order valence-corrected chi connectivity index (χ3v) is 5.47. The second-order valence-electron chi connectivity index (χ2n) is 5.35. The van der Waals surface area contributed by atoms with Gasteiger partial charge in [0, 0.05) is 10.7 Å². The standard InChI is InChI=1S/C16H9Cl3F2N2O2S/c17-10-5-8(1-3-12(10)20)15(9-2-4-13(21)11(18)6-9)16-22-7-14(23-16)26(19,24)25/h1-7,15H,(H,22,23). The van der Waals surface area contributed by atoms with E-state index in [2.05, 4.69) is 9.97 Å². The molecule has 1 heterocycles. The van der Waals surface area contributed by atoms with Crippen molar-refractivity contribution in [3.8, 4) is 0 Å². The lowest BCUT2D eigenvalue weighted by Crippen LogP contribution is -2.07. The maximum absolute atomic E-state index is 13.5. The van der Waals surface area contributed by atoms with Gasteiger partial charge in [0.25, 0.3) is 9.05 Å². The molecule has 2 aromatic carbocycles. The number of aromatic amines is 1. The predicted molar refractivity (Wildman–Crippen MR) is 95.4 cm³/mol. The lowest BCUT2D eigenvalue weighted by molar-refractivity contribution is 0.606. The van der Waals surface area contributed by atoms with E-state index in [1.807, 2.05) is 0 Å². The van der Waals surface area contributed by atoms with E-state index in [9.17, 15) is 17.2 Å². The lowest BCUT2D eigenvalue weighted by Gasteiger charge is -2.17. The minimum atomic E-state index is -4.03.